The van der Waals surface area contributed by atoms with Gasteiger partial charge in [-0.3, -0.25) is 22.4 Å². The van der Waals surface area contributed by atoms with Gasteiger partial charge in [0.05, 0.1) is 53.0 Å². The van der Waals surface area contributed by atoms with Crippen molar-refractivity contribution in [2.45, 2.75) is 24.5 Å². The SMILES string of the molecule is COc1ccc(N=Nc2cc(N=Nc3ccc(S(=O)(=O)CCOSOOO)cc3S(=O)(=O)O)c(N)c(N=Nc3ccc(S(=O)(=O)CCOS(=O)(=O)O)cc3S(=O)(=O)O)c2N)c(S(=O)(=O)O)c1. The number of hydrogen-bond donors (Lipinski definition) is 7. The monoisotopic (exact) mass is 1070 g/mol. The summed E-state index contributed by atoms with van der Waals surface area (Å²) in [5, 5.41) is 34.1. The van der Waals surface area contributed by atoms with Gasteiger partial charge in [-0.25, -0.2) is 26.3 Å². The summed E-state index contributed by atoms with van der Waals surface area (Å²) in [6, 6.07) is 8.12. The van der Waals surface area contributed by atoms with Crippen LogP contribution in [0.1, 0.15) is 0 Å². The minimum absolute atomic E-state index is 0.0390. The number of rotatable bonds is 22. The Morgan fingerprint density at radius 1 is 0.545 bits per heavy atom. The number of nitrogens with two attached hydrogens (primary N) is 2. The fourth-order valence-electron chi connectivity index (χ4n) is 4.82. The molecule has 0 radical (unpaired) electrons. The number of sulfone groups is 2. The van der Waals surface area contributed by atoms with Crippen molar-refractivity contribution in [2.75, 3.05) is 43.3 Å². The molecule has 0 saturated heterocycles. The predicted octanol–water partition coefficient (Wildman–Crippen LogP) is 4.21. The Bertz CT molecular complexity index is 3300. The van der Waals surface area contributed by atoms with Crippen LogP contribution in [0.15, 0.2) is 116 Å². The minimum atomic E-state index is -5.36. The molecule has 0 aliphatic carbocycles. The Kier molecular flexibility index (Phi) is 17.1. The Morgan fingerprint density at radius 3 is 1.38 bits per heavy atom. The molecule has 4 aromatic rings. The maximum Gasteiger partial charge on any atom is 0.397 e. The third-order valence-corrected chi connectivity index (χ3v) is 14.7. The second-order valence-corrected chi connectivity index (χ2v) is 22.1. The molecule has 37 heteroatoms. The maximum absolute atomic E-state index is 12.9. The summed E-state index contributed by atoms with van der Waals surface area (Å²) in [5.74, 6) is -1.94. The second kappa shape index (κ2) is 21.2. The summed E-state index contributed by atoms with van der Waals surface area (Å²) in [7, 11) is -28.4. The molecule has 360 valence electrons. The van der Waals surface area contributed by atoms with Crippen LogP contribution in [-0.4, -0.2) is 106 Å². The van der Waals surface area contributed by atoms with Crippen molar-refractivity contribution in [3.63, 3.8) is 0 Å². The van der Waals surface area contributed by atoms with E-state index >= 15 is 0 Å². The number of nitrogen functional groups attached to an aromatic ring is 2. The van der Waals surface area contributed by atoms with E-state index < -0.39 is 155 Å². The summed E-state index contributed by atoms with van der Waals surface area (Å²) in [4.78, 5) is -4.60. The molecule has 0 heterocycles. The highest BCUT2D eigenvalue weighted by atomic mass is 32.3. The fourth-order valence-corrected chi connectivity index (χ4v) is 9.85. The molecule has 4 rings (SSSR count). The quantitative estimate of drug-likeness (QED) is 0.0110. The molecule has 4 aromatic carbocycles. The van der Waals surface area contributed by atoms with Gasteiger partial charge >= 0.3 is 10.4 Å². The van der Waals surface area contributed by atoms with Gasteiger partial charge in [0.1, 0.15) is 54.6 Å². The first-order chi connectivity index (χ1) is 30.5. The van der Waals surface area contributed by atoms with Gasteiger partial charge in [0.25, 0.3) is 30.4 Å². The number of azo groups is 3. The lowest BCUT2D eigenvalue weighted by Gasteiger charge is -2.11. The van der Waals surface area contributed by atoms with E-state index in [1.165, 1.54) is 13.2 Å². The average Bonchev–Trinajstić information content (AvgIpc) is 3.21. The van der Waals surface area contributed by atoms with Crippen molar-refractivity contribution in [3.05, 3.63) is 60.7 Å². The normalized spacial score (nSPS) is 13.3. The number of benzene rings is 4. The molecule has 0 atom stereocenters. The van der Waals surface area contributed by atoms with Crippen molar-refractivity contribution in [3.8, 4) is 5.75 Å². The van der Waals surface area contributed by atoms with E-state index in [2.05, 4.69) is 44.2 Å². The zero-order valence-electron chi connectivity index (χ0n) is 32.5. The third kappa shape index (κ3) is 14.4. The van der Waals surface area contributed by atoms with Crippen LogP contribution in [0.2, 0.25) is 0 Å². The lowest BCUT2D eigenvalue weighted by molar-refractivity contribution is -0.434. The van der Waals surface area contributed by atoms with Gasteiger partial charge in [-0.05, 0) is 54.6 Å². The van der Waals surface area contributed by atoms with E-state index in [0.29, 0.717) is 18.2 Å². The van der Waals surface area contributed by atoms with Gasteiger partial charge in [-0.15, -0.1) is 35.0 Å². The highest BCUT2D eigenvalue weighted by Gasteiger charge is 2.26. The summed E-state index contributed by atoms with van der Waals surface area (Å²) in [5.41, 5.74) is 7.51. The minimum Gasteiger partial charge on any atom is -0.497 e. The van der Waals surface area contributed by atoms with Crippen LogP contribution in [-0.2, 0) is 78.2 Å². The lowest BCUT2D eigenvalue weighted by atomic mass is 10.2. The zero-order chi connectivity index (χ0) is 49.5. The molecule has 0 aliphatic rings. The van der Waals surface area contributed by atoms with Crippen molar-refractivity contribution >= 4 is 118 Å². The van der Waals surface area contributed by atoms with E-state index in [4.69, 9.17) is 30.2 Å². The van der Waals surface area contributed by atoms with E-state index in [0.717, 1.165) is 36.4 Å². The van der Waals surface area contributed by atoms with Gasteiger partial charge in [-0.1, -0.05) is 5.04 Å². The summed E-state index contributed by atoms with van der Waals surface area (Å²) >= 11 is 0.0592. The van der Waals surface area contributed by atoms with Crippen molar-refractivity contribution in [1.29, 1.82) is 0 Å². The smallest absolute Gasteiger partial charge is 0.397 e. The topological polar surface area (TPSA) is 478 Å². The first kappa shape index (κ1) is 53.4. The van der Waals surface area contributed by atoms with Crippen LogP contribution in [0, 0.1) is 0 Å². The Hall–Kier alpha value is -5.23. The average molecular weight is 1070 g/mol. The van der Waals surface area contributed by atoms with Gasteiger partial charge in [0, 0.05) is 6.07 Å². The molecule has 0 amide bonds. The highest BCUT2D eigenvalue weighted by molar-refractivity contribution is 7.92. The third-order valence-electron chi connectivity index (χ3n) is 7.83. The molecule has 0 unspecified atom stereocenters. The Labute approximate surface area is 377 Å². The van der Waals surface area contributed by atoms with E-state index in [1.54, 1.807) is 0 Å². The van der Waals surface area contributed by atoms with Crippen LogP contribution in [0.25, 0.3) is 0 Å². The Balaban J connectivity index is 1.91. The molecule has 0 aliphatic heterocycles. The largest absolute Gasteiger partial charge is 0.497 e. The van der Waals surface area contributed by atoms with Crippen LogP contribution in [0.3, 0.4) is 0 Å². The van der Waals surface area contributed by atoms with Gasteiger partial charge in [0.2, 0.25) is 0 Å². The second-order valence-electron chi connectivity index (χ2n) is 12.1. The molecular formula is C29H30N8O22S7. The summed E-state index contributed by atoms with van der Waals surface area (Å²) in [6.45, 7) is -1.68. The molecule has 9 N–H and O–H groups in total. The molecule has 0 fully saturated rings. The number of hydrogen-bond acceptors (Lipinski definition) is 27. The number of ether oxygens (including phenoxy) is 1. The molecule has 0 saturated carbocycles. The van der Waals surface area contributed by atoms with Gasteiger partial charge in [0.15, 0.2) is 32.0 Å². The van der Waals surface area contributed by atoms with Crippen LogP contribution in [0.5, 0.6) is 5.75 Å². The fraction of sp³-hybridized carbons (Fsp3) is 0.172. The maximum atomic E-state index is 12.9. The van der Waals surface area contributed by atoms with Crippen molar-refractivity contribution in [2.24, 2.45) is 30.7 Å². The highest BCUT2D eigenvalue weighted by Crippen LogP contribution is 2.46. The lowest BCUT2D eigenvalue weighted by Crippen LogP contribution is -2.16. The Morgan fingerprint density at radius 2 is 0.955 bits per heavy atom. The number of nitrogens with zero attached hydrogens (tertiary/aromatic N) is 6. The van der Waals surface area contributed by atoms with Crippen LogP contribution in [0.4, 0.5) is 45.5 Å². The standard InChI is InChI=1S/C29H30N8O22S7/c1-55-16-2-5-19(24(12-16)63(43,44)45)32-35-22-15-23(36-33-20-6-3-17(13-25(20)64(46,47)48)61(39,40)10-8-56-60-59-58-38)28(31)29(27(22)30)37-34-21-7-4-18(14-26(21)65(49,50)51)62(41,42)11-9-57-66(52,53)54/h2-7,12-15,38H,8-11,30-31H2,1H3,(H,43,44,45)(H,46,47,48)(H,49,50,51)(H,52,53,54). The summed E-state index contributed by atoms with van der Waals surface area (Å²) in [6.07, 6.45) is 0. The molecule has 66 heavy (non-hydrogen) atoms. The molecule has 30 nitrogen and oxygen atoms in total. The predicted molar refractivity (Wildman–Crippen MR) is 223 cm³/mol. The molecular weight excluding hydrogens is 1040 g/mol. The zero-order valence-corrected chi connectivity index (χ0v) is 38.2. The molecule has 0 bridgehead atoms. The number of anilines is 2. The van der Waals surface area contributed by atoms with Gasteiger partial charge in [-0.2, -0.15) is 33.7 Å². The van der Waals surface area contributed by atoms with E-state index in [1.807, 2.05) is 0 Å². The van der Waals surface area contributed by atoms with E-state index in [9.17, 15) is 64.2 Å². The first-order valence-corrected chi connectivity index (χ1v) is 26.3. The van der Waals surface area contributed by atoms with Crippen molar-refractivity contribution < 1.29 is 96.5 Å². The van der Waals surface area contributed by atoms with Crippen molar-refractivity contribution in [1.82, 2.24) is 0 Å². The number of methoxy groups -OCH3 is 1. The van der Waals surface area contributed by atoms with Gasteiger partial charge < -0.3 is 16.2 Å². The van der Waals surface area contributed by atoms with Crippen LogP contribution < -0.4 is 16.2 Å². The van der Waals surface area contributed by atoms with Crippen LogP contribution >= 0.6 is 12.3 Å². The molecule has 0 aromatic heterocycles. The summed E-state index contributed by atoms with van der Waals surface area (Å²) < 4.78 is 203. The first-order valence-electron chi connectivity index (χ1n) is 16.7. The van der Waals surface area contributed by atoms with E-state index in [-0.39, 0.29) is 18.1 Å². The molecule has 0 spiro atoms.